The third kappa shape index (κ3) is 7.28. The van der Waals surface area contributed by atoms with Gasteiger partial charge in [0.25, 0.3) is 0 Å². The number of hydrogen-bond donors (Lipinski definition) is 2. The third-order valence-corrected chi connectivity index (χ3v) is 1.61. The Kier molecular flexibility index (Phi) is 6.92. The van der Waals surface area contributed by atoms with E-state index in [1.165, 1.54) is 6.08 Å². The molecule has 74 valence electrons. The molecule has 0 rings (SSSR count). The summed E-state index contributed by atoms with van der Waals surface area (Å²) < 4.78 is 0. The van der Waals surface area contributed by atoms with E-state index >= 15 is 0 Å². The molecule has 3 nitrogen and oxygen atoms in total. The van der Waals surface area contributed by atoms with E-state index < -0.39 is 0 Å². The highest BCUT2D eigenvalue weighted by atomic mass is 16.1. The van der Waals surface area contributed by atoms with Crippen LogP contribution in [0.1, 0.15) is 20.3 Å². The van der Waals surface area contributed by atoms with E-state index in [-0.39, 0.29) is 11.9 Å². The fourth-order valence-corrected chi connectivity index (χ4v) is 0.689. The summed E-state index contributed by atoms with van der Waals surface area (Å²) >= 11 is 0. The maximum absolute atomic E-state index is 11.1. The van der Waals surface area contributed by atoms with Crippen LogP contribution in [-0.4, -0.2) is 18.5 Å². The molecule has 0 heterocycles. The van der Waals surface area contributed by atoms with E-state index in [2.05, 4.69) is 5.32 Å². The van der Waals surface area contributed by atoms with Crippen LogP contribution in [0, 0.1) is 0 Å². The van der Waals surface area contributed by atoms with E-state index in [1.807, 2.05) is 19.9 Å². The van der Waals surface area contributed by atoms with Gasteiger partial charge >= 0.3 is 0 Å². The molecular weight excluding hydrogens is 164 g/mol. The average Bonchev–Trinajstić information content (AvgIpc) is 2.14. The Balaban J connectivity index is 3.63. The second kappa shape index (κ2) is 7.55. The second-order valence-electron chi connectivity index (χ2n) is 2.80. The van der Waals surface area contributed by atoms with Crippen molar-refractivity contribution in [3.8, 4) is 0 Å². The largest absolute Gasteiger partial charge is 0.351 e. The van der Waals surface area contributed by atoms with Crippen LogP contribution in [0.25, 0.3) is 0 Å². The molecule has 3 N–H and O–H groups in total. The van der Waals surface area contributed by atoms with Crippen molar-refractivity contribution in [2.75, 3.05) is 6.54 Å². The standard InChI is InChI=1S/C10H18N2O/c1-3-5-6-7-10(13)12-8-9(11)4-2/h3,5-7,9H,4,8,11H2,1-2H3,(H,12,13). The lowest BCUT2D eigenvalue weighted by Crippen LogP contribution is -2.35. The minimum Gasteiger partial charge on any atom is -0.351 e. The molecule has 0 spiro atoms. The van der Waals surface area contributed by atoms with Gasteiger partial charge in [0, 0.05) is 18.7 Å². The van der Waals surface area contributed by atoms with Crippen LogP contribution in [0.4, 0.5) is 0 Å². The number of amides is 1. The lowest BCUT2D eigenvalue weighted by atomic mass is 10.2. The van der Waals surface area contributed by atoms with E-state index in [0.717, 1.165) is 6.42 Å². The van der Waals surface area contributed by atoms with Crippen molar-refractivity contribution in [2.24, 2.45) is 5.73 Å². The number of allylic oxidation sites excluding steroid dienone is 3. The Morgan fingerprint density at radius 2 is 2.23 bits per heavy atom. The molecule has 0 radical (unpaired) electrons. The summed E-state index contributed by atoms with van der Waals surface area (Å²) in [6.45, 7) is 4.43. The molecule has 0 fully saturated rings. The van der Waals surface area contributed by atoms with Crippen molar-refractivity contribution in [1.82, 2.24) is 5.32 Å². The zero-order valence-corrected chi connectivity index (χ0v) is 8.29. The molecule has 0 bridgehead atoms. The van der Waals surface area contributed by atoms with Gasteiger partial charge in [0.2, 0.25) is 5.91 Å². The van der Waals surface area contributed by atoms with E-state index in [1.54, 1.807) is 12.2 Å². The third-order valence-electron chi connectivity index (χ3n) is 1.61. The zero-order valence-electron chi connectivity index (χ0n) is 8.29. The molecule has 1 unspecified atom stereocenters. The minimum atomic E-state index is -0.0954. The Morgan fingerprint density at radius 1 is 1.54 bits per heavy atom. The number of nitrogens with two attached hydrogens (primary N) is 1. The summed E-state index contributed by atoms with van der Waals surface area (Å²) in [7, 11) is 0. The SMILES string of the molecule is CC=CC=CC(=O)NCC(N)CC. The van der Waals surface area contributed by atoms with Crippen molar-refractivity contribution in [3.05, 3.63) is 24.3 Å². The summed E-state index contributed by atoms with van der Waals surface area (Å²) in [5.74, 6) is -0.0954. The Bertz CT molecular complexity index is 197. The first-order valence-electron chi connectivity index (χ1n) is 4.53. The molecule has 0 aromatic heterocycles. The number of carbonyl (C=O) groups excluding carboxylic acids is 1. The van der Waals surface area contributed by atoms with Gasteiger partial charge in [-0.05, 0) is 13.3 Å². The summed E-state index contributed by atoms with van der Waals surface area (Å²) in [5, 5.41) is 2.71. The van der Waals surface area contributed by atoms with E-state index in [9.17, 15) is 4.79 Å². The van der Waals surface area contributed by atoms with E-state index in [0.29, 0.717) is 6.54 Å². The van der Waals surface area contributed by atoms with Gasteiger partial charge in [0.05, 0.1) is 0 Å². The summed E-state index contributed by atoms with van der Waals surface area (Å²) in [6, 6.07) is 0.0547. The molecule has 0 aliphatic heterocycles. The van der Waals surface area contributed by atoms with Crippen LogP contribution >= 0.6 is 0 Å². The maximum Gasteiger partial charge on any atom is 0.244 e. The predicted molar refractivity (Wildman–Crippen MR) is 55.2 cm³/mol. The fourth-order valence-electron chi connectivity index (χ4n) is 0.689. The first-order chi connectivity index (χ1) is 6.20. The van der Waals surface area contributed by atoms with Crippen LogP contribution in [0.2, 0.25) is 0 Å². The van der Waals surface area contributed by atoms with Gasteiger partial charge in [-0.15, -0.1) is 0 Å². The summed E-state index contributed by atoms with van der Waals surface area (Å²) in [5.41, 5.74) is 5.62. The van der Waals surface area contributed by atoms with Gasteiger partial charge in [-0.25, -0.2) is 0 Å². The van der Waals surface area contributed by atoms with Crippen LogP contribution in [0.15, 0.2) is 24.3 Å². The lowest BCUT2D eigenvalue weighted by molar-refractivity contribution is -0.116. The Labute approximate surface area is 79.7 Å². The van der Waals surface area contributed by atoms with E-state index in [4.69, 9.17) is 5.73 Å². The molecule has 0 saturated carbocycles. The molecular formula is C10H18N2O. The Hall–Kier alpha value is -1.09. The van der Waals surface area contributed by atoms with Gasteiger partial charge in [0.1, 0.15) is 0 Å². The first kappa shape index (κ1) is 11.9. The van der Waals surface area contributed by atoms with Gasteiger partial charge in [-0.2, -0.15) is 0 Å². The van der Waals surface area contributed by atoms with Crippen molar-refractivity contribution >= 4 is 5.91 Å². The van der Waals surface area contributed by atoms with Crippen LogP contribution in [-0.2, 0) is 4.79 Å². The van der Waals surface area contributed by atoms with Gasteiger partial charge in [-0.3, -0.25) is 4.79 Å². The molecule has 13 heavy (non-hydrogen) atoms. The van der Waals surface area contributed by atoms with Crippen molar-refractivity contribution in [1.29, 1.82) is 0 Å². The maximum atomic E-state index is 11.1. The van der Waals surface area contributed by atoms with Gasteiger partial charge < -0.3 is 11.1 Å². The molecule has 3 heteroatoms. The highest BCUT2D eigenvalue weighted by Crippen LogP contribution is 1.83. The quantitative estimate of drug-likeness (QED) is 0.492. The van der Waals surface area contributed by atoms with Crippen molar-refractivity contribution in [2.45, 2.75) is 26.3 Å². The fraction of sp³-hybridized carbons (Fsp3) is 0.500. The summed E-state index contributed by atoms with van der Waals surface area (Å²) in [4.78, 5) is 11.1. The Morgan fingerprint density at radius 3 is 2.77 bits per heavy atom. The van der Waals surface area contributed by atoms with Gasteiger partial charge in [0.15, 0.2) is 0 Å². The molecule has 0 aromatic rings. The summed E-state index contributed by atoms with van der Waals surface area (Å²) in [6.07, 6.45) is 7.73. The molecule has 1 atom stereocenters. The minimum absolute atomic E-state index is 0.0547. The van der Waals surface area contributed by atoms with Crippen molar-refractivity contribution < 1.29 is 4.79 Å². The average molecular weight is 182 g/mol. The molecule has 1 amide bonds. The molecule has 0 aromatic carbocycles. The van der Waals surface area contributed by atoms with Gasteiger partial charge in [-0.1, -0.05) is 25.2 Å². The monoisotopic (exact) mass is 182 g/mol. The number of hydrogen-bond acceptors (Lipinski definition) is 2. The van der Waals surface area contributed by atoms with Crippen LogP contribution in [0.5, 0.6) is 0 Å². The number of nitrogens with one attached hydrogen (secondary N) is 1. The number of carbonyl (C=O) groups is 1. The molecule has 0 aliphatic carbocycles. The predicted octanol–water partition coefficient (Wildman–Crippen LogP) is 0.972. The molecule has 0 aliphatic rings. The molecule has 0 saturated heterocycles. The van der Waals surface area contributed by atoms with Crippen LogP contribution < -0.4 is 11.1 Å². The van der Waals surface area contributed by atoms with Crippen LogP contribution in [0.3, 0.4) is 0 Å². The first-order valence-corrected chi connectivity index (χ1v) is 4.53. The highest BCUT2D eigenvalue weighted by molar-refractivity contribution is 5.87. The van der Waals surface area contributed by atoms with Crippen molar-refractivity contribution in [3.63, 3.8) is 0 Å². The smallest absolute Gasteiger partial charge is 0.244 e. The number of rotatable bonds is 5. The topological polar surface area (TPSA) is 55.1 Å². The lowest BCUT2D eigenvalue weighted by Gasteiger charge is -2.07. The highest BCUT2D eigenvalue weighted by Gasteiger charge is 1.99. The second-order valence-corrected chi connectivity index (χ2v) is 2.80. The zero-order chi connectivity index (χ0) is 10.1. The normalized spacial score (nSPS) is 13.8.